The Hall–Kier alpha value is -7.70. The summed E-state index contributed by atoms with van der Waals surface area (Å²) in [6, 6.07) is 66.8. The Bertz CT molecular complexity index is 3150. The van der Waals surface area contributed by atoms with Crippen LogP contribution in [0.5, 0.6) is 0 Å². The van der Waals surface area contributed by atoms with Crippen molar-refractivity contribution in [1.82, 2.24) is 5.32 Å². The van der Waals surface area contributed by atoms with Crippen LogP contribution < -0.4 is 10.2 Å². The molecule has 0 fully saturated rings. The molecule has 6 nitrogen and oxygen atoms in total. The number of amidine groups is 2. The first-order valence-electron chi connectivity index (χ1n) is 19.1. The SMILES string of the molecule is c1ccc(C2=NC(c3ccc(-c4ccc(N(c5ccccc5)c5ccc6c(c5)oc5ccccc56)cc4)c4c3oc3ccccc34)=NC(c3ccccc3)N2)cc1. The minimum atomic E-state index is -0.319. The van der Waals surface area contributed by atoms with Crippen molar-refractivity contribution in [3.05, 3.63) is 211 Å². The Kier molecular flexibility index (Phi) is 7.78. The number of hydrogen-bond donors (Lipinski definition) is 1. The minimum Gasteiger partial charge on any atom is -0.456 e. The number of anilines is 3. The average molecular weight is 735 g/mol. The van der Waals surface area contributed by atoms with Gasteiger partial charge in [-0.2, -0.15) is 0 Å². The normalized spacial score (nSPS) is 14.1. The molecule has 8 aromatic carbocycles. The zero-order valence-corrected chi connectivity index (χ0v) is 30.7. The molecule has 0 saturated carbocycles. The molecule has 0 bridgehead atoms. The molecule has 0 aliphatic carbocycles. The molecule has 3 heterocycles. The molecule has 57 heavy (non-hydrogen) atoms. The number of aliphatic imine (C=N–C) groups is 2. The van der Waals surface area contributed by atoms with Gasteiger partial charge in [-0.25, -0.2) is 9.98 Å². The number of para-hydroxylation sites is 3. The summed E-state index contributed by atoms with van der Waals surface area (Å²) < 4.78 is 13.0. The third-order valence-electron chi connectivity index (χ3n) is 10.7. The first-order chi connectivity index (χ1) is 28.2. The van der Waals surface area contributed by atoms with E-state index in [9.17, 15) is 0 Å². The summed E-state index contributed by atoms with van der Waals surface area (Å²) in [6.45, 7) is 0. The van der Waals surface area contributed by atoms with Gasteiger partial charge in [-0.05, 0) is 71.3 Å². The lowest BCUT2D eigenvalue weighted by atomic mass is 9.96. The van der Waals surface area contributed by atoms with Crippen LogP contribution in [0.25, 0.3) is 55.0 Å². The van der Waals surface area contributed by atoms with E-state index >= 15 is 0 Å². The molecule has 1 unspecified atom stereocenters. The molecule has 6 heteroatoms. The number of furan rings is 2. The number of fused-ring (bicyclic) bond motifs is 6. The van der Waals surface area contributed by atoms with E-state index in [0.29, 0.717) is 5.84 Å². The van der Waals surface area contributed by atoms with Crippen molar-refractivity contribution in [2.45, 2.75) is 6.17 Å². The van der Waals surface area contributed by atoms with E-state index in [0.717, 1.165) is 94.6 Å². The summed E-state index contributed by atoms with van der Waals surface area (Å²) in [4.78, 5) is 12.6. The monoisotopic (exact) mass is 734 g/mol. The van der Waals surface area contributed by atoms with Crippen LogP contribution in [-0.2, 0) is 0 Å². The van der Waals surface area contributed by atoms with Crippen molar-refractivity contribution >= 4 is 72.6 Å². The van der Waals surface area contributed by atoms with Gasteiger partial charge >= 0.3 is 0 Å². The fourth-order valence-corrected chi connectivity index (χ4v) is 8.03. The number of benzene rings is 8. The van der Waals surface area contributed by atoms with E-state index in [1.54, 1.807) is 0 Å². The van der Waals surface area contributed by atoms with E-state index in [2.05, 4.69) is 138 Å². The van der Waals surface area contributed by atoms with Gasteiger partial charge < -0.3 is 19.1 Å². The maximum Gasteiger partial charge on any atom is 0.163 e. The fourth-order valence-electron chi connectivity index (χ4n) is 8.03. The number of hydrogen-bond acceptors (Lipinski definition) is 6. The van der Waals surface area contributed by atoms with Gasteiger partial charge in [0.25, 0.3) is 0 Å². The second-order valence-corrected chi connectivity index (χ2v) is 14.2. The van der Waals surface area contributed by atoms with Crippen molar-refractivity contribution in [1.29, 1.82) is 0 Å². The lowest BCUT2D eigenvalue weighted by Gasteiger charge is -2.25. The summed E-state index contributed by atoms with van der Waals surface area (Å²) in [7, 11) is 0. The van der Waals surface area contributed by atoms with Gasteiger partial charge in [0, 0.05) is 50.2 Å². The molecule has 0 spiro atoms. The van der Waals surface area contributed by atoms with Crippen LogP contribution in [0.15, 0.2) is 213 Å². The molecule has 1 aliphatic rings. The van der Waals surface area contributed by atoms with Crippen LogP contribution in [-0.4, -0.2) is 11.7 Å². The largest absolute Gasteiger partial charge is 0.456 e. The number of rotatable bonds is 7. The van der Waals surface area contributed by atoms with Gasteiger partial charge in [0.05, 0.1) is 5.56 Å². The van der Waals surface area contributed by atoms with Crippen LogP contribution in [0.2, 0.25) is 0 Å². The van der Waals surface area contributed by atoms with E-state index in [4.69, 9.17) is 18.8 Å². The smallest absolute Gasteiger partial charge is 0.163 e. The average Bonchev–Trinajstić information content (AvgIpc) is 3.86. The predicted molar refractivity (Wildman–Crippen MR) is 233 cm³/mol. The first-order valence-corrected chi connectivity index (χ1v) is 19.1. The quantitative estimate of drug-likeness (QED) is 0.177. The molecule has 10 aromatic rings. The Morgan fingerprint density at radius 2 is 1.05 bits per heavy atom. The van der Waals surface area contributed by atoms with E-state index in [1.807, 2.05) is 66.7 Å². The molecule has 1 atom stereocenters. The molecular formula is C51H34N4O2. The number of nitrogens with zero attached hydrogens (tertiary/aromatic N) is 3. The Labute approximate surface area is 328 Å². The maximum atomic E-state index is 6.73. The molecule has 0 saturated heterocycles. The van der Waals surface area contributed by atoms with Crippen LogP contribution in [0.3, 0.4) is 0 Å². The number of nitrogens with one attached hydrogen (secondary N) is 1. The maximum absolute atomic E-state index is 6.73. The van der Waals surface area contributed by atoms with Gasteiger partial charge in [0.15, 0.2) is 5.84 Å². The summed E-state index contributed by atoms with van der Waals surface area (Å²) in [6.07, 6.45) is -0.319. The highest BCUT2D eigenvalue weighted by Gasteiger charge is 2.25. The second-order valence-electron chi connectivity index (χ2n) is 14.2. The van der Waals surface area contributed by atoms with Crippen molar-refractivity contribution in [3.63, 3.8) is 0 Å². The van der Waals surface area contributed by atoms with Gasteiger partial charge in [-0.15, -0.1) is 0 Å². The zero-order valence-electron chi connectivity index (χ0n) is 30.7. The van der Waals surface area contributed by atoms with Crippen LogP contribution >= 0.6 is 0 Å². The molecule has 270 valence electrons. The Morgan fingerprint density at radius 3 is 1.82 bits per heavy atom. The minimum absolute atomic E-state index is 0.319. The van der Waals surface area contributed by atoms with E-state index < -0.39 is 0 Å². The van der Waals surface area contributed by atoms with E-state index in [1.165, 1.54) is 0 Å². The second kappa shape index (κ2) is 13.6. The highest BCUT2D eigenvalue weighted by Crippen LogP contribution is 2.42. The van der Waals surface area contributed by atoms with Crippen LogP contribution in [0.4, 0.5) is 17.1 Å². The third kappa shape index (κ3) is 5.74. The molecule has 2 aromatic heterocycles. The molecule has 1 N–H and O–H groups in total. The lowest BCUT2D eigenvalue weighted by Crippen LogP contribution is -2.33. The summed E-state index contributed by atoms with van der Waals surface area (Å²) >= 11 is 0. The molecule has 0 radical (unpaired) electrons. The highest BCUT2D eigenvalue weighted by atomic mass is 16.3. The summed E-state index contributed by atoms with van der Waals surface area (Å²) in [5.41, 5.74) is 11.4. The Balaban J connectivity index is 1.03. The molecule has 11 rings (SSSR count). The van der Waals surface area contributed by atoms with Crippen molar-refractivity contribution < 1.29 is 8.83 Å². The van der Waals surface area contributed by atoms with Gasteiger partial charge in [0.1, 0.15) is 34.3 Å². The van der Waals surface area contributed by atoms with Crippen molar-refractivity contribution in [2.75, 3.05) is 4.90 Å². The predicted octanol–water partition coefficient (Wildman–Crippen LogP) is 13.1. The van der Waals surface area contributed by atoms with E-state index in [-0.39, 0.29) is 6.17 Å². The Morgan fingerprint density at radius 1 is 0.456 bits per heavy atom. The third-order valence-corrected chi connectivity index (χ3v) is 10.7. The van der Waals surface area contributed by atoms with Gasteiger partial charge in [-0.3, -0.25) is 0 Å². The summed E-state index contributed by atoms with van der Waals surface area (Å²) in [5, 5.41) is 7.86. The fraction of sp³-hybridized carbons (Fsp3) is 0.0196. The zero-order chi connectivity index (χ0) is 37.7. The standard InChI is InChI=1S/C51H34N4O2/c1-4-14-34(15-5-1)49-52-50(35-16-6-2-7-17-35)54-51(53-49)43-31-30-39(47-42-21-11-13-23-45(42)57-48(43)47)33-24-26-37(27-25-33)55(36-18-8-3-9-19-36)38-28-29-41-40-20-10-12-22-44(40)56-46(41)32-38/h1-32,49H,(H,52,53,54). The lowest BCUT2D eigenvalue weighted by molar-refractivity contribution is 0.663. The first kappa shape index (κ1) is 32.7. The van der Waals surface area contributed by atoms with Crippen molar-refractivity contribution in [3.8, 4) is 11.1 Å². The van der Waals surface area contributed by atoms with Crippen LogP contribution in [0, 0.1) is 0 Å². The molecular weight excluding hydrogens is 701 g/mol. The van der Waals surface area contributed by atoms with Crippen LogP contribution in [0.1, 0.15) is 22.9 Å². The van der Waals surface area contributed by atoms with Gasteiger partial charge in [-0.1, -0.05) is 133 Å². The topological polar surface area (TPSA) is 66.3 Å². The highest BCUT2D eigenvalue weighted by molar-refractivity contribution is 6.22. The van der Waals surface area contributed by atoms with Gasteiger partial charge in [0.2, 0.25) is 0 Å². The molecule has 1 aliphatic heterocycles. The van der Waals surface area contributed by atoms with Crippen molar-refractivity contribution in [2.24, 2.45) is 9.98 Å². The summed E-state index contributed by atoms with van der Waals surface area (Å²) in [5.74, 6) is 1.38. The molecule has 0 amide bonds.